The van der Waals surface area contributed by atoms with E-state index in [1.165, 1.54) is 10.5 Å². The van der Waals surface area contributed by atoms with Crippen LogP contribution in [0.3, 0.4) is 0 Å². The smallest absolute Gasteiger partial charge is 0.261 e. The minimum absolute atomic E-state index is 0.153. The summed E-state index contributed by atoms with van der Waals surface area (Å²) in [5.74, 6) is 0.300. The normalized spacial score (nSPS) is 12.9. The summed E-state index contributed by atoms with van der Waals surface area (Å²) in [5.41, 5.74) is 5.82. The molecule has 1 aliphatic rings. The van der Waals surface area contributed by atoms with Crippen LogP contribution >= 0.6 is 0 Å². The Kier molecular flexibility index (Phi) is 5.88. The summed E-state index contributed by atoms with van der Waals surface area (Å²) in [7, 11) is 0. The van der Waals surface area contributed by atoms with E-state index < -0.39 is 0 Å². The molecule has 5 rings (SSSR count). The van der Waals surface area contributed by atoms with Crippen LogP contribution in [0.2, 0.25) is 0 Å². The minimum Gasteiger partial charge on any atom is -0.311 e. The summed E-state index contributed by atoms with van der Waals surface area (Å²) >= 11 is 0. The number of rotatable bonds is 6. The van der Waals surface area contributed by atoms with Crippen molar-refractivity contribution < 1.29 is 14.4 Å². The second kappa shape index (κ2) is 9.03. The maximum absolute atomic E-state index is 12.8. The van der Waals surface area contributed by atoms with E-state index in [-0.39, 0.29) is 30.7 Å². The molecule has 1 N–H and O–H groups in total. The third-order valence-electron chi connectivity index (χ3n) is 6.42. The molecule has 0 spiro atoms. The molecular weight excluding hydrogens is 454 g/mol. The fourth-order valence-electron chi connectivity index (χ4n) is 4.74. The third-order valence-corrected chi connectivity index (χ3v) is 6.42. The molecule has 0 fully saturated rings. The number of nitrogens with zero attached hydrogens (tertiary/aromatic N) is 4. The fourth-order valence-corrected chi connectivity index (χ4v) is 4.74. The van der Waals surface area contributed by atoms with Gasteiger partial charge in [0.05, 0.1) is 22.3 Å². The van der Waals surface area contributed by atoms with Gasteiger partial charge in [-0.1, -0.05) is 23.8 Å². The Morgan fingerprint density at radius 2 is 1.61 bits per heavy atom. The van der Waals surface area contributed by atoms with E-state index >= 15 is 0 Å². The number of nitrogens with one attached hydrogen (secondary N) is 1. The molecule has 2 aromatic carbocycles. The Morgan fingerprint density at radius 3 is 2.31 bits per heavy atom. The van der Waals surface area contributed by atoms with Gasteiger partial charge in [0.1, 0.15) is 5.82 Å². The second-order valence-corrected chi connectivity index (χ2v) is 9.32. The van der Waals surface area contributed by atoms with Gasteiger partial charge in [-0.25, -0.2) is 4.98 Å². The fraction of sp³-hybridized carbons (Fsp3) is 0.250. The van der Waals surface area contributed by atoms with Gasteiger partial charge < -0.3 is 5.32 Å². The van der Waals surface area contributed by atoms with Crippen molar-refractivity contribution in [3.8, 4) is 5.82 Å². The van der Waals surface area contributed by atoms with Crippen molar-refractivity contribution in [1.29, 1.82) is 0 Å². The van der Waals surface area contributed by atoms with Crippen molar-refractivity contribution in [3.63, 3.8) is 0 Å². The highest BCUT2D eigenvalue weighted by Gasteiger charge is 2.34. The number of fused-ring (bicyclic) bond motifs is 2. The Morgan fingerprint density at radius 1 is 0.917 bits per heavy atom. The molecule has 0 bridgehead atoms. The molecular formula is C28H27N5O3. The molecule has 0 saturated heterocycles. The number of pyridine rings is 1. The first-order valence-corrected chi connectivity index (χ1v) is 11.9. The monoisotopic (exact) mass is 481 g/mol. The topological polar surface area (TPSA) is 97.2 Å². The zero-order valence-electron chi connectivity index (χ0n) is 20.8. The lowest BCUT2D eigenvalue weighted by Gasteiger charge is -2.14. The summed E-state index contributed by atoms with van der Waals surface area (Å²) in [4.78, 5) is 43.9. The van der Waals surface area contributed by atoms with E-state index in [1.54, 1.807) is 35.0 Å². The zero-order valence-corrected chi connectivity index (χ0v) is 20.8. The average molecular weight is 482 g/mol. The number of carbonyl (C=O) groups is 3. The Bertz CT molecular complexity index is 1520. The molecule has 3 heterocycles. The van der Waals surface area contributed by atoms with E-state index in [0.29, 0.717) is 29.2 Å². The molecule has 0 unspecified atom stereocenters. The molecule has 182 valence electrons. The molecule has 4 aromatic rings. The molecule has 0 radical (unpaired) electrons. The van der Waals surface area contributed by atoms with Crippen molar-refractivity contribution in [1.82, 2.24) is 19.7 Å². The number of amides is 3. The lowest BCUT2D eigenvalue weighted by atomic mass is 10.0. The highest BCUT2D eigenvalue weighted by Crippen LogP contribution is 2.26. The largest absolute Gasteiger partial charge is 0.311 e. The highest BCUT2D eigenvalue weighted by atomic mass is 16.2. The van der Waals surface area contributed by atoms with Gasteiger partial charge in [-0.15, -0.1) is 0 Å². The summed E-state index contributed by atoms with van der Waals surface area (Å²) in [6, 6.07) is 14.8. The number of aromatic nitrogens is 3. The van der Waals surface area contributed by atoms with Gasteiger partial charge in [0.2, 0.25) is 5.91 Å². The second-order valence-electron chi connectivity index (χ2n) is 9.32. The molecule has 36 heavy (non-hydrogen) atoms. The molecule has 0 atom stereocenters. The molecule has 8 nitrogen and oxygen atoms in total. The summed E-state index contributed by atoms with van der Waals surface area (Å²) < 4.78 is 1.64. The Labute approximate surface area is 208 Å². The summed E-state index contributed by atoms with van der Waals surface area (Å²) in [5, 5.41) is 8.57. The van der Waals surface area contributed by atoms with Crippen LogP contribution in [0.4, 0.5) is 5.82 Å². The van der Waals surface area contributed by atoms with Gasteiger partial charge in [-0.3, -0.25) is 19.3 Å². The number of aryl methyl sites for hydroxylation is 4. The SMILES string of the molecule is Cc1cc(C)c2nc(-n3nc(C)cc3NC(=O)CCCN3C(=O)c4ccccc4C3=O)cc(C)c2c1. The molecule has 1 aliphatic heterocycles. The van der Waals surface area contributed by atoms with Crippen molar-refractivity contribution >= 4 is 34.4 Å². The van der Waals surface area contributed by atoms with Crippen LogP contribution in [0.5, 0.6) is 0 Å². The van der Waals surface area contributed by atoms with Crippen LogP contribution < -0.4 is 5.32 Å². The molecule has 0 saturated carbocycles. The first-order chi connectivity index (χ1) is 17.2. The first kappa shape index (κ1) is 23.4. The van der Waals surface area contributed by atoms with E-state index in [9.17, 15) is 14.4 Å². The average Bonchev–Trinajstić information content (AvgIpc) is 3.31. The van der Waals surface area contributed by atoms with Crippen LogP contribution in [0, 0.1) is 27.7 Å². The standard InChI is InChI=1S/C28H27N5O3/c1-16-12-18(3)26-22(13-16)17(2)14-23(30-26)33-24(15-19(4)31-33)29-25(34)10-7-11-32-27(35)20-8-5-6-9-21(20)28(32)36/h5-6,8-9,12-15H,7,10-11H2,1-4H3,(H,29,34). The number of imide groups is 1. The van der Waals surface area contributed by atoms with Crippen molar-refractivity contribution in [2.24, 2.45) is 0 Å². The van der Waals surface area contributed by atoms with Crippen LogP contribution in [0.25, 0.3) is 16.7 Å². The number of carbonyl (C=O) groups excluding carboxylic acids is 3. The van der Waals surface area contributed by atoms with E-state index in [2.05, 4.69) is 29.5 Å². The predicted molar refractivity (Wildman–Crippen MR) is 137 cm³/mol. The van der Waals surface area contributed by atoms with E-state index in [1.807, 2.05) is 26.8 Å². The molecule has 2 aromatic heterocycles. The summed E-state index contributed by atoms with van der Waals surface area (Å²) in [6.07, 6.45) is 0.510. The predicted octanol–water partition coefficient (Wildman–Crippen LogP) is 4.67. The highest BCUT2D eigenvalue weighted by molar-refractivity contribution is 6.21. The lowest BCUT2D eigenvalue weighted by molar-refractivity contribution is -0.116. The number of hydrogen-bond donors (Lipinski definition) is 1. The van der Waals surface area contributed by atoms with Gasteiger partial charge in [0, 0.05) is 24.4 Å². The Balaban J connectivity index is 1.30. The maximum Gasteiger partial charge on any atom is 0.261 e. The molecule has 8 heteroatoms. The minimum atomic E-state index is -0.312. The summed E-state index contributed by atoms with van der Waals surface area (Å²) in [6.45, 7) is 8.19. The Hall–Kier alpha value is -4.33. The van der Waals surface area contributed by atoms with Gasteiger partial charge in [-0.05, 0) is 69.5 Å². The van der Waals surface area contributed by atoms with Crippen molar-refractivity contribution in [3.05, 3.63) is 82.0 Å². The first-order valence-electron chi connectivity index (χ1n) is 11.9. The van der Waals surface area contributed by atoms with Crippen molar-refractivity contribution in [2.75, 3.05) is 11.9 Å². The zero-order chi connectivity index (χ0) is 25.6. The van der Waals surface area contributed by atoms with Gasteiger partial charge in [-0.2, -0.15) is 9.78 Å². The molecule has 0 aliphatic carbocycles. The van der Waals surface area contributed by atoms with Crippen LogP contribution in [0.15, 0.2) is 48.5 Å². The lowest BCUT2D eigenvalue weighted by Crippen LogP contribution is -2.31. The third kappa shape index (κ3) is 4.15. The van der Waals surface area contributed by atoms with E-state index in [0.717, 1.165) is 27.7 Å². The number of benzene rings is 2. The van der Waals surface area contributed by atoms with Crippen LogP contribution in [0.1, 0.15) is 55.9 Å². The quantitative estimate of drug-likeness (QED) is 0.404. The van der Waals surface area contributed by atoms with Crippen LogP contribution in [-0.2, 0) is 4.79 Å². The van der Waals surface area contributed by atoms with Crippen LogP contribution in [-0.4, -0.2) is 43.9 Å². The van der Waals surface area contributed by atoms with E-state index in [4.69, 9.17) is 4.98 Å². The van der Waals surface area contributed by atoms with Gasteiger partial charge >= 0.3 is 0 Å². The number of hydrogen-bond acceptors (Lipinski definition) is 5. The maximum atomic E-state index is 12.8. The van der Waals surface area contributed by atoms with Crippen molar-refractivity contribution in [2.45, 2.75) is 40.5 Å². The number of anilines is 1. The van der Waals surface area contributed by atoms with Gasteiger partial charge in [0.25, 0.3) is 11.8 Å². The molecule has 3 amide bonds. The van der Waals surface area contributed by atoms with Gasteiger partial charge in [0.15, 0.2) is 5.82 Å².